The van der Waals surface area contributed by atoms with Crippen molar-refractivity contribution in [2.45, 2.75) is 13.1 Å². The van der Waals surface area contributed by atoms with E-state index in [0.29, 0.717) is 0 Å². The van der Waals surface area contributed by atoms with Crippen LogP contribution in [0.4, 0.5) is 26.2 Å². The first-order valence-corrected chi connectivity index (χ1v) is 10.3. The summed E-state index contributed by atoms with van der Waals surface area (Å²) in [6, 6.07) is 17.9. The van der Waals surface area contributed by atoms with Crippen LogP contribution in [0.25, 0.3) is 0 Å². The summed E-state index contributed by atoms with van der Waals surface area (Å²) in [5, 5.41) is 6.01. The Balaban J connectivity index is 1.91. The normalized spacial score (nSPS) is 11.3. The topological polar surface area (TPSA) is 140 Å². The highest BCUT2D eigenvalue weighted by Gasteiger charge is 2.29. The van der Waals surface area contributed by atoms with Crippen LogP contribution in [0, 0.1) is 5.82 Å². The maximum Gasteiger partial charge on any atom is 0.409 e. The van der Waals surface area contributed by atoms with Gasteiger partial charge in [0.2, 0.25) is 0 Å². The second-order valence-corrected chi connectivity index (χ2v) is 7.10. The van der Waals surface area contributed by atoms with Gasteiger partial charge in [-0.05, 0) is 55.5 Å². The molecule has 0 bridgehead atoms. The van der Waals surface area contributed by atoms with Crippen molar-refractivity contribution in [2.75, 3.05) is 22.7 Å². The summed E-state index contributed by atoms with van der Waals surface area (Å²) in [5.41, 5.74) is 7.11. The zero-order valence-corrected chi connectivity index (χ0v) is 18.3. The number of alkyl carbamates (subject to hydrolysis) is 1. The first kappa shape index (κ1) is 24.2. The first-order valence-electron chi connectivity index (χ1n) is 10.3. The maximum absolute atomic E-state index is 13.3. The molecular weight excluding hydrogens is 441 g/mol. The highest BCUT2D eigenvalue weighted by molar-refractivity contribution is 6.14. The number of benzene rings is 3. The van der Waals surface area contributed by atoms with Gasteiger partial charge in [0.15, 0.2) is 11.9 Å². The van der Waals surface area contributed by atoms with E-state index in [0.717, 1.165) is 5.01 Å². The molecule has 0 fully saturated rings. The Bertz CT molecular complexity index is 1190. The lowest BCUT2D eigenvalue weighted by atomic mass is 10.0. The number of nitrogen functional groups attached to an aromatic ring is 1. The van der Waals surface area contributed by atoms with Crippen molar-refractivity contribution in [3.8, 4) is 0 Å². The summed E-state index contributed by atoms with van der Waals surface area (Å²) in [6.45, 7) is 1.69. The molecule has 0 saturated heterocycles. The largest absolute Gasteiger partial charge is 0.450 e. The molecule has 1 atom stereocenters. The number of ketones is 1. The Morgan fingerprint density at radius 2 is 1.65 bits per heavy atom. The van der Waals surface area contributed by atoms with Crippen molar-refractivity contribution in [3.63, 3.8) is 0 Å². The number of hydrazine groups is 1. The lowest BCUT2D eigenvalue weighted by Crippen LogP contribution is -2.58. The molecule has 0 aromatic heterocycles. The standard InChI is InChI=1S/C24H24FN5O4/c1-2-34-24(33)29-22(30(27)20-10-6-4-8-18(20)26)23(32)28-19-9-5-3-7-17(19)21(31)15-11-13-16(25)14-12-15/h3-14,22H,2,26-27H2,1H3,(H,28,32)(H,29,33). The fraction of sp³-hybridized carbons (Fsp3) is 0.125. The molecule has 3 aromatic rings. The van der Waals surface area contributed by atoms with E-state index in [9.17, 15) is 18.8 Å². The molecule has 9 nitrogen and oxygen atoms in total. The second kappa shape index (κ2) is 10.9. The Hall–Kier alpha value is -4.44. The molecule has 0 aliphatic rings. The fourth-order valence-electron chi connectivity index (χ4n) is 3.16. The van der Waals surface area contributed by atoms with Crippen LogP contribution in [0.1, 0.15) is 22.8 Å². The molecule has 10 heteroatoms. The Labute approximate surface area is 195 Å². The molecule has 176 valence electrons. The number of para-hydroxylation sites is 3. The molecule has 1 unspecified atom stereocenters. The summed E-state index contributed by atoms with van der Waals surface area (Å²) < 4.78 is 18.1. The second-order valence-electron chi connectivity index (χ2n) is 7.10. The van der Waals surface area contributed by atoms with E-state index < -0.39 is 29.8 Å². The number of carbonyl (C=O) groups excluding carboxylic acids is 3. The van der Waals surface area contributed by atoms with Gasteiger partial charge in [-0.2, -0.15) is 0 Å². The zero-order valence-electron chi connectivity index (χ0n) is 18.3. The van der Waals surface area contributed by atoms with Gasteiger partial charge in [-0.3, -0.25) is 19.9 Å². The Morgan fingerprint density at radius 3 is 2.32 bits per heavy atom. The van der Waals surface area contributed by atoms with Crippen molar-refractivity contribution >= 4 is 34.8 Å². The van der Waals surface area contributed by atoms with E-state index in [1.54, 1.807) is 43.3 Å². The highest BCUT2D eigenvalue weighted by atomic mass is 19.1. The van der Waals surface area contributed by atoms with Gasteiger partial charge in [0.1, 0.15) is 5.82 Å². The summed E-state index contributed by atoms with van der Waals surface area (Å²) in [7, 11) is 0. The molecule has 3 rings (SSSR count). The number of nitrogens with zero attached hydrogens (tertiary/aromatic N) is 1. The van der Waals surface area contributed by atoms with Crippen LogP contribution in [-0.2, 0) is 9.53 Å². The van der Waals surface area contributed by atoms with Gasteiger partial charge in [-0.25, -0.2) is 15.0 Å². The van der Waals surface area contributed by atoms with E-state index in [1.165, 1.54) is 36.4 Å². The van der Waals surface area contributed by atoms with Crippen molar-refractivity contribution in [1.82, 2.24) is 5.32 Å². The van der Waals surface area contributed by atoms with Crippen LogP contribution in [0.3, 0.4) is 0 Å². The number of ether oxygens (including phenoxy) is 1. The smallest absolute Gasteiger partial charge is 0.409 e. The molecule has 0 heterocycles. The fourth-order valence-corrected chi connectivity index (χ4v) is 3.16. The van der Waals surface area contributed by atoms with Crippen LogP contribution in [0.15, 0.2) is 72.8 Å². The predicted octanol–water partition coefficient (Wildman–Crippen LogP) is 3.03. The number of anilines is 3. The number of amides is 2. The number of hydrogen-bond donors (Lipinski definition) is 4. The van der Waals surface area contributed by atoms with Crippen LogP contribution in [0.2, 0.25) is 0 Å². The molecule has 2 amide bonds. The first-order chi connectivity index (χ1) is 16.3. The molecule has 6 N–H and O–H groups in total. The molecule has 0 aliphatic carbocycles. The monoisotopic (exact) mass is 465 g/mol. The van der Waals surface area contributed by atoms with Gasteiger partial charge in [0, 0.05) is 11.1 Å². The average Bonchev–Trinajstić information content (AvgIpc) is 2.83. The lowest BCUT2D eigenvalue weighted by molar-refractivity contribution is -0.118. The van der Waals surface area contributed by atoms with Crippen LogP contribution >= 0.6 is 0 Å². The minimum Gasteiger partial charge on any atom is -0.450 e. The lowest BCUT2D eigenvalue weighted by Gasteiger charge is -2.29. The van der Waals surface area contributed by atoms with E-state index in [2.05, 4.69) is 10.6 Å². The third kappa shape index (κ3) is 5.67. The third-order valence-electron chi connectivity index (χ3n) is 4.81. The number of rotatable bonds is 8. The molecule has 0 spiro atoms. The average molecular weight is 465 g/mol. The van der Waals surface area contributed by atoms with E-state index in [-0.39, 0.29) is 34.8 Å². The van der Waals surface area contributed by atoms with Crippen LogP contribution < -0.4 is 27.2 Å². The summed E-state index contributed by atoms with van der Waals surface area (Å²) in [6.07, 6.45) is -2.30. The van der Waals surface area contributed by atoms with E-state index >= 15 is 0 Å². The number of hydrogen-bond acceptors (Lipinski definition) is 7. The number of carbonyl (C=O) groups is 3. The summed E-state index contributed by atoms with van der Waals surface area (Å²) in [4.78, 5) is 38.3. The molecule has 3 aromatic carbocycles. The molecule has 0 aliphatic heterocycles. The number of nitrogens with one attached hydrogen (secondary N) is 2. The van der Waals surface area contributed by atoms with Gasteiger partial charge in [-0.15, -0.1) is 0 Å². The predicted molar refractivity (Wildman–Crippen MR) is 126 cm³/mol. The molecular formula is C24H24FN5O4. The van der Waals surface area contributed by atoms with Crippen molar-refractivity contribution < 1.29 is 23.5 Å². The Kier molecular flexibility index (Phi) is 7.78. The van der Waals surface area contributed by atoms with Crippen LogP contribution in [-0.4, -0.2) is 30.6 Å². The zero-order chi connectivity index (χ0) is 24.7. The quantitative estimate of drug-likeness (QED) is 0.132. The van der Waals surface area contributed by atoms with E-state index in [4.69, 9.17) is 16.3 Å². The number of nitrogens with two attached hydrogens (primary N) is 2. The van der Waals surface area contributed by atoms with Crippen molar-refractivity contribution in [3.05, 3.63) is 89.7 Å². The molecule has 0 radical (unpaired) electrons. The minimum absolute atomic E-state index is 0.0766. The molecule has 34 heavy (non-hydrogen) atoms. The Morgan fingerprint density at radius 1 is 1.00 bits per heavy atom. The maximum atomic E-state index is 13.3. The van der Waals surface area contributed by atoms with Gasteiger partial charge in [-0.1, -0.05) is 24.3 Å². The third-order valence-corrected chi connectivity index (χ3v) is 4.81. The highest BCUT2D eigenvalue weighted by Crippen LogP contribution is 2.23. The SMILES string of the molecule is CCOC(=O)NC(C(=O)Nc1ccccc1C(=O)c1ccc(F)cc1)N(N)c1ccccc1N. The minimum atomic E-state index is -1.43. The van der Waals surface area contributed by atoms with E-state index in [1.807, 2.05) is 0 Å². The van der Waals surface area contributed by atoms with Crippen molar-refractivity contribution in [1.29, 1.82) is 0 Å². The van der Waals surface area contributed by atoms with Crippen molar-refractivity contribution in [2.24, 2.45) is 5.84 Å². The summed E-state index contributed by atoms with van der Waals surface area (Å²) in [5.74, 6) is 4.50. The number of halogens is 1. The van der Waals surface area contributed by atoms with Gasteiger partial charge >= 0.3 is 6.09 Å². The summed E-state index contributed by atoms with van der Waals surface area (Å²) >= 11 is 0. The van der Waals surface area contributed by atoms with Gasteiger partial charge < -0.3 is 15.8 Å². The van der Waals surface area contributed by atoms with Crippen LogP contribution in [0.5, 0.6) is 0 Å². The van der Waals surface area contributed by atoms with Gasteiger partial charge in [0.25, 0.3) is 5.91 Å². The van der Waals surface area contributed by atoms with Gasteiger partial charge in [0.05, 0.1) is 23.7 Å². The molecule has 0 saturated carbocycles.